The average Bonchev–Trinajstić information content (AvgIpc) is 2.19. The Labute approximate surface area is 98.3 Å². The Kier molecular flexibility index (Phi) is 4.36. The highest BCUT2D eigenvalue weighted by molar-refractivity contribution is 5.46. The quantitative estimate of drug-likeness (QED) is 0.840. The van der Waals surface area contributed by atoms with Gasteiger partial charge in [0.05, 0.1) is 6.61 Å². The normalized spacial score (nSPS) is 11.4. The van der Waals surface area contributed by atoms with E-state index in [9.17, 15) is 5.11 Å². The molecule has 0 amide bonds. The lowest BCUT2D eigenvalue weighted by atomic mass is 9.92. The molecule has 0 atom stereocenters. The number of rotatable bonds is 4. The second-order valence-electron chi connectivity index (χ2n) is 4.87. The summed E-state index contributed by atoms with van der Waals surface area (Å²) < 4.78 is 5.16. The van der Waals surface area contributed by atoms with E-state index < -0.39 is 0 Å². The van der Waals surface area contributed by atoms with Crippen molar-refractivity contribution in [1.29, 1.82) is 0 Å². The predicted octanol–water partition coefficient (Wildman–Crippen LogP) is 3.79. The van der Waals surface area contributed by atoms with Gasteiger partial charge in [-0.25, -0.2) is 0 Å². The van der Waals surface area contributed by atoms with Crippen molar-refractivity contribution in [3.63, 3.8) is 0 Å². The van der Waals surface area contributed by atoms with E-state index >= 15 is 0 Å². The first-order valence-electron chi connectivity index (χ1n) is 5.82. The zero-order valence-electron chi connectivity index (χ0n) is 10.9. The second kappa shape index (κ2) is 5.35. The molecule has 0 aromatic heterocycles. The minimum absolute atomic E-state index is 0.328. The number of benzene rings is 1. The fourth-order valence-electron chi connectivity index (χ4n) is 1.87. The van der Waals surface area contributed by atoms with Gasteiger partial charge in [0.15, 0.2) is 0 Å². The Morgan fingerprint density at radius 1 is 1.06 bits per heavy atom. The van der Waals surface area contributed by atoms with E-state index in [0.29, 0.717) is 24.2 Å². The summed E-state index contributed by atoms with van der Waals surface area (Å²) in [4.78, 5) is 0. The lowest BCUT2D eigenvalue weighted by Gasteiger charge is -2.17. The molecule has 0 aliphatic carbocycles. The monoisotopic (exact) mass is 222 g/mol. The van der Waals surface area contributed by atoms with Crippen LogP contribution in [-0.4, -0.2) is 12.2 Å². The highest BCUT2D eigenvalue weighted by Crippen LogP contribution is 2.34. The summed E-state index contributed by atoms with van der Waals surface area (Å²) in [5.74, 6) is 1.11. The molecule has 2 nitrogen and oxygen atoms in total. The van der Waals surface area contributed by atoms with E-state index in [1.165, 1.54) is 0 Å². The lowest BCUT2D eigenvalue weighted by molar-refractivity contribution is 0.184. The molecule has 1 N–H and O–H groups in total. The van der Waals surface area contributed by atoms with Crippen molar-refractivity contribution < 1.29 is 9.84 Å². The van der Waals surface area contributed by atoms with Crippen molar-refractivity contribution in [1.82, 2.24) is 0 Å². The first-order chi connectivity index (χ1) is 7.47. The van der Waals surface area contributed by atoms with Crippen LogP contribution in [0.2, 0.25) is 0 Å². The van der Waals surface area contributed by atoms with Crippen LogP contribution < -0.4 is 0 Å². The van der Waals surface area contributed by atoms with Crippen LogP contribution >= 0.6 is 0 Å². The Morgan fingerprint density at radius 3 is 1.81 bits per heavy atom. The fourth-order valence-corrected chi connectivity index (χ4v) is 1.87. The van der Waals surface area contributed by atoms with Gasteiger partial charge < -0.3 is 9.84 Å². The van der Waals surface area contributed by atoms with Crippen molar-refractivity contribution in [3.8, 4) is 5.75 Å². The summed E-state index contributed by atoms with van der Waals surface area (Å²) in [5, 5.41) is 10.2. The van der Waals surface area contributed by atoms with Crippen molar-refractivity contribution in [3.05, 3.63) is 28.8 Å². The van der Waals surface area contributed by atoms with Crippen molar-refractivity contribution in [2.24, 2.45) is 0 Å². The van der Waals surface area contributed by atoms with Gasteiger partial charge in [0.1, 0.15) is 5.75 Å². The SMILES string of the molecule is COCc1cc(C(C)C)c(O)c(C(C)C)c1. The maximum Gasteiger partial charge on any atom is 0.122 e. The zero-order chi connectivity index (χ0) is 12.3. The molecule has 0 aliphatic rings. The van der Waals surface area contributed by atoms with Crippen molar-refractivity contribution in [2.75, 3.05) is 7.11 Å². The Hall–Kier alpha value is -1.02. The molecule has 0 spiro atoms. The average molecular weight is 222 g/mol. The van der Waals surface area contributed by atoms with E-state index in [4.69, 9.17) is 4.74 Å². The Bertz CT molecular complexity index is 325. The Morgan fingerprint density at radius 2 is 1.50 bits per heavy atom. The summed E-state index contributed by atoms with van der Waals surface area (Å²) in [6, 6.07) is 4.07. The fraction of sp³-hybridized carbons (Fsp3) is 0.571. The van der Waals surface area contributed by atoms with Crippen molar-refractivity contribution >= 4 is 0 Å². The van der Waals surface area contributed by atoms with Crippen LogP contribution in [0.25, 0.3) is 0 Å². The van der Waals surface area contributed by atoms with Gasteiger partial charge in [-0.15, -0.1) is 0 Å². The predicted molar refractivity (Wildman–Crippen MR) is 67.0 cm³/mol. The second-order valence-corrected chi connectivity index (χ2v) is 4.87. The summed E-state index contributed by atoms with van der Waals surface area (Å²) in [5.41, 5.74) is 3.16. The largest absolute Gasteiger partial charge is 0.507 e. The molecule has 0 aliphatic heterocycles. The number of aromatic hydroxyl groups is 1. The molecule has 0 fully saturated rings. The molecule has 0 bridgehead atoms. The highest BCUT2D eigenvalue weighted by Gasteiger charge is 2.14. The summed E-state index contributed by atoms with van der Waals surface area (Å²) >= 11 is 0. The van der Waals surface area contributed by atoms with Gasteiger partial charge in [-0.2, -0.15) is 0 Å². The molecule has 1 rings (SSSR count). The molecule has 16 heavy (non-hydrogen) atoms. The molecule has 0 saturated carbocycles. The van der Waals surface area contributed by atoms with Crippen LogP contribution in [0.1, 0.15) is 56.2 Å². The van der Waals surface area contributed by atoms with E-state index in [0.717, 1.165) is 16.7 Å². The summed E-state index contributed by atoms with van der Waals surface area (Å²) in [6.07, 6.45) is 0. The third-order valence-corrected chi connectivity index (χ3v) is 2.78. The number of hydrogen-bond donors (Lipinski definition) is 1. The van der Waals surface area contributed by atoms with Gasteiger partial charge in [-0.05, 0) is 40.7 Å². The minimum Gasteiger partial charge on any atom is -0.507 e. The van der Waals surface area contributed by atoms with Crippen LogP contribution in [0, 0.1) is 0 Å². The molecule has 0 unspecified atom stereocenters. The third-order valence-electron chi connectivity index (χ3n) is 2.78. The van der Waals surface area contributed by atoms with Crippen LogP contribution in [0.3, 0.4) is 0 Å². The van der Waals surface area contributed by atoms with Gasteiger partial charge in [0.2, 0.25) is 0 Å². The van der Waals surface area contributed by atoms with Crippen LogP contribution in [-0.2, 0) is 11.3 Å². The first kappa shape index (κ1) is 13.0. The maximum atomic E-state index is 10.2. The van der Waals surface area contributed by atoms with E-state index in [1.54, 1.807) is 7.11 Å². The van der Waals surface area contributed by atoms with Crippen LogP contribution in [0.5, 0.6) is 5.75 Å². The van der Waals surface area contributed by atoms with Gasteiger partial charge in [-0.3, -0.25) is 0 Å². The summed E-state index contributed by atoms with van der Waals surface area (Å²) in [6.45, 7) is 8.97. The van der Waals surface area contributed by atoms with E-state index in [2.05, 4.69) is 27.7 Å². The minimum atomic E-state index is 0.328. The molecular formula is C14H22O2. The lowest BCUT2D eigenvalue weighted by Crippen LogP contribution is -1.99. The van der Waals surface area contributed by atoms with Gasteiger partial charge in [0.25, 0.3) is 0 Å². The molecule has 90 valence electrons. The molecular weight excluding hydrogens is 200 g/mol. The Balaban J connectivity index is 3.27. The van der Waals surface area contributed by atoms with E-state index in [1.807, 2.05) is 12.1 Å². The van der Waals surface area contributed by atoms with Gasteiger partial charge >= 0.3 is 0 Å². The molecule has 1 aromatic rings. The first-order valence-corrected chi connectivity index (χ1v) is 5.82. The summed E-state index contributed by atoms with van der Waals surface area (Å²) in [7, 11) is 1.69. The smallest absolute Gasteiger partial charge is 0.122 e. The number of phenols is 1. The van der Waals surface area contributed by atoms with Gasteiger partial charge in [-0.1, -0.05) is 27.7 Å². The van der Waals surface area contributed by atoms with Gasteiger partial charge in [0, 0.05) is 7.11 Å². The molecule has 0 saturated heterocycles. The van der Waals surface area contributed by atoms with Crippen LogP contribution in [0.4, 0.5) is 0 Å². The van der Waals surface area contributed by atoms with Crippen molar-refractivity contribution in [2.45, 2.75) is 46.1 Å². The standard InChI is InChI=1S/C14H22O2/c1-9(2)12-6-11(8-16-5)7-13(10(3)4)14(12)15/h6-7,9-10,15H,8H2,1-5H3. The zero-order valence-corrected chi connectivity index (χ0v) is 10.9. The number of phenolic OH excluding ortho intramolecular Hbond substituents is 1. The number of methoxy groups -OCH3 is 1. The topological polar surface area (TPSA) is 29.5 Å². The molecule has 0 radical (unpaired) electrons. The number of ether oxygens (including phenoxy) is 1. The molecule has 1 aromatic carbocycles. The highest BCUT2D eigenvalue weighted by atomic mass is 16.5. The molecule has 2 heteroatoms. The number of hydrogen-bond acceptors (Lipinski definition) is 2. The molecule has 0 heterocycles. The van der Waals surface area contributed by atoms with Crippen LogP contribution in [0.15, 0.2) is 12.1 Å². The maximum absolute atomic E-state index is 10.2. The third kappa shape index (κ3) is 2.76. The van der Waals surface area contributed by atoms with E-state index in [-0.39, 0.29) is 0 Å².